The van der Waals surface area contributed by atoms with Crippen molar-refractivity contribution >= 4 is 8.32 Å². The normalized spacial score (nSPS) is 27.7. The van der Waals surface area contributed by atoms with Gasteiger partial charge in [-0.05, 0) is 25.1 Å². The van der Waals surface area contributed by atoms with E-state index in [2.05, 4.69) is 38.8 Å². The third kappa shape index (κ3) is 3.81. The van der Waals surface area contributed by atoms with Crippen LogP contribution in [0.4, 0.5) is 0 Å². The van der Waals surface area contributed by atoms with Crippen molar-refractivity contribution < 1.29 is 14.3 Å². The van der Waals surface area contributed by atoms with E-state index in [1.165, 1.54) is 10.8 Å². The molecule has 1 aliphatic rings. The monoisotopic (exact) mass is 370 g/mol. The molecule has 0 bridgehead atoms. The Balaban J connectivity index is 2.46. The zero-order valence-electron chi connectivity index (χ0n) is 16.1. The average molecular weight is 371 g/mol. The molecule has 1 aromatic heterocycles. The number of aliphatic hydroxyl groups is 1. The van der Waals surface area contributed by atoms with Crippen molar-refractivity contribution in [3.8, 4) is 0 Å². The van der Waals surface area contributed by atoms with E-state index >= 15 is 0 Å². The number of aliphatic hydroxyl groups excluding tert-OH is 1. The number of hydrogen-bond acceptors (Lipinski definition) is 5. The van der Waals surface area contributed by atoms with Crippen molar-refractivity contribution in [2.24, 2.45) is 5.92 Å². The Labute approximate surface area is 149 Å². The maximum absolute atomic E-state index is 12.3. The molecule has 0 aliphatic carbocycles. The topological polar surface area (TPSA) is 93.6 Å². The van der Waals surface area contributed by atoms with Gasteiger partial charge in [0.2, 0.25) is 0 Å². The summed E-state index contributed by atoms with van der Waals surface area (Å²) >= 11 is 0. The van der Waals surface area contributed by atoms with E-state index in [1.807, 2.05) is 6.92 Å². The molecule has 7 nitrogen and oxygen atoms in total. The number of aromatic nitrogens is 2. The lowest BCUT2D eigenvalue weighted by molar-refractivity contribution is -0.0511. The Hall–Kier alpha value is -1.22. The van der Waals surface area contributed by atoms with Crippen LogP contribution in [0.2, 0.25) is 18.1 Å². The fourth-order valence-corrected chi connectivity index (χ4v) is 4.11. The van der Waals surface area contributed by atoms with Gasteiger partial charge in [-0.25, -0.2) is 4.79 Å². The van der Waals surface area contributed by atoms with E-state index in [1.54, 1.807) is 6.92 Å². The summed E-state index contributed by atoms with van der Waals surface area (Å²) in [6.45, 7) is 14.2. The minimum atomic E-state index is -2.12. The molecule has 4 atom stereocenters. The molecule has 0 spiro atoms. The highest BCUT2D eigenvalue weighted by Crippen LogP contribution is 2.43. The van der Waals surface area contributed by atoms with Crippen LogP contribution in [-0.4, -0.2) is 41.8 Å². The molecular weight excluding hydrogens is 340 g/mol. The highest BCUT2D eigenvalue weighted by Gasteiger charge is 2.49. The van der Waals surface area contributed by atoms with Crippen molar-refractivity contribution in [1.82, 2.24) is 9.55 Å². The first-order valence-corrected chi connectivity index (χ1v) is 11.6. The summed E-state index contributed by atoms with van der Waals surface area (Å²) in [6.07, 6.45) is 0.0320. The van der Waals surface area contributed by atoms with E-state index in [0.717, 1.165) is 0 Å². The maximum Gasteiger partial charge on any atom is 0.330 e. The van der Waals surface area contributed by atoms with E-state index in [4.69, 9.17) is 9.16 Å². The Morgan fingerprint density at radius 3 is 2.48 bits per heavy atom. The predicted molar refractivity (Wildman–Crippen MR) is 98.3 cm³/mol. The standard InChI is InChI=1S/C17H30N2O5Si/c1-10-8-19(16(22)18-14(10)21)15-13(11(2)12(9-20)23-15)24-25(6,7)17(3,4)5/h8,11-13,15,20H,9H2,1-7H3,(H,18,21,22)/t11?,12-,13?,15-/m1/s1. The molecule has 25 heavy (non-hydrogen) atoms. The second-order valence-electron chi connectivity index (χ2n) is 8.43. The molecule has 1 aromatic rings. The van der Waals surface area contributed by atoms with Crippen LogP contribution in [0.15, 0.2) is 15.8 Å². The molecule has 1 aliphatic heterocycles. The highest BCUT2D eigenvalue weighted by molar-refractivity contribution is 6.74. The number of hydrogen-bond donors (Lipinski definition) is 2. The van der Waals surface area contributed by atoms with Gasteiger partial charge in [0, 0.05) is 17.7 Å². The molecule has 0 aromatic carbocycles. The fraction of sp³-hybridized carbons (Fsp3) is 0.765. The second kappa shape index (κ2) is 6.83. The smallest absolute Gasteiger partial charge is 0.330 e. The van der Waals surface area contributed by atoms with Gasteiger partial charge in [0.15, 0.2) is 14.5 Å². The van der Waals surface area contributed by atoms with Crippen LogP contribution in [0.25, 0.3) is 0 Å². The summed E-state index contributed by atoms with van der Waals surface area (Å²) < 4.78 is 13.9. The van der Waals surface area contributed by atoms with Gasteiger partial charge in [-0.15, -0.1) is 0 Å². The van der Waals surface area contributed by atoms with Crippen molar-refractivity contribution in [1.29, 1.82) is 0 Å². The number of rotatable bonds is 4. The lowest BCUT2D eigenvalue weighted by Crippen LogP contribution is -2.48. The van der Waals surface area contributed by atoms with Crippen molar-refractivity contribution in [2.75, 3.05) is 6.61 Å². The van der Waals surface area contributed by atoms with Crippen molar-refractivity contribution in [2.45, 2.75) is 71.2 Å². The first kappa shape index (κ1) is 20.1. The molecule has 0 saturated carbocycles. The second-order valence-corrected chi connectivity index (χ2v) is 13.2. The van der Waals surface area contributed by atoms with Gasteiger partial charge in [-0.2, -0.15) is 0 Å². The van der Waals surface area contributed by atoms with Crippen LogP contribution in [0.1, 0.15) is 39.5 Å². The van der Waals surface area contributed by atoms with Gasteiger partial charge in [0.25, 0.3) is 5.56 Å². The number of nitrogens with zero attached hydrogens (tertiary/aromatic N) is 1. The van der Waals surface area contributed by atoms with Crippen LogP contribution >= 0.6 is 0 Å². The van der Waals surface area contributed by atoms with Crippen LogP contribution < -0.4 is 11.2 Å². The van der Waals surface area contributed by atoms with Gasteiger partial charge in [0.05, 0.1) is 18.8 Å². The van der Waals surface area contributed by atoms with E-state index < -0.39 is 31.9 Å². The van der Waals surface area contributed by atoms with Gasteiger partial charge < -0.3 is 14.3 Å². The third-order valence-electron chi connectivity index (χ3n) is 5.54. The van der Waals surface area contributed by atoms with Crippen LogP contribution in [-0.2, 0) is 9.16 Å². The van der Waals surface area contributed by atoms with Crippen molar-refractivity contribution in [3.63, 3.8) is 0 Å². The molecule has 1 saturated heterocycles. The number of ether oxygens (including phenoxy) is 1. The van der Waals surface area contributed by atoms with E-state index in [9.17, 15) is 14.7 Å². The maximum atomic E-state index is 12.3. The summed E-state index contributed by atoms with van der Waals surface area (Å²) in [5, 5.41) is 9.63. The lowest BCUT2D eigenvalue weighted by atomic mass is 10.0. The Kier molecular flexibility index (Phi) is 5.49. The number of nitrogens with one attached hydrogen (secondary N) is 1. The zero-order chi connectivity index (χ0) is 19.2. The Bertz CT molecular complexity index is 734. The Morgan fingerprint density at radius 2 is 1.96 bits per heavy atom. The minimum Gasteiger partial charge on any atom is -0.409 e. The third-order valence-corrected chi connectivity index (χ3v) is 10.0. The summed E-state index contributed by atoms with van der Waals surface area (Å²) in [5.41, 5.74) is -0.516. The molecule has 142 valence electrons. The van der Waals surface area contributed by atoms with Crippen molar-refractivity contribution in [3.05, 3.63) is 32.6 Å². The SMILES string of the molecule is Cc1cn([C@@H]2O[C@H](CO)C(C)C2O[Si](C)(C)C(C)(C)C)c(=O)[nH]c1=O. The van der Waals surface area contributed by atoms with Crippen LogP contribution in [0.5, 0.6) is 0 Å². The first-order valence-electron chi connectivity index (χ1n) is 8.65. The molecule has 2 rings (SSSR count). The number of aromatic amines is 1. The zero-order valence-corrected chi connectivity index (χ0v) is 17.1. The summed E-state index contributed by atoms with van der Waals surface area (Å²) in [5.74, 6) is -0.0803. The summed E-state index contributed by atoms with van der Waals surface area (Å²) in [4.78, 5) is 26.3. The van der Waals surface area contributed by atoms with E-state index in [0.29, 0.717) is 5.56 Å². The van der Waals surface area contributed by atoms with Crippen LogP contribution in [0.3, 0.4) is 0 Å². The average Bonchev–Trinajstić information content (AvgIpc) is 2.78. The molecular formula is C17H30N2O5Si. The number of H-pyrrole nitrogens is 1. The van der Waals surface area contributed by atoms with Gasteiger partial charge >= 0.3 is 5.69 Å². The fourth-order valence-electron chi connectivity index (χ4n) is 2.74. The summed E-state index contributed by atoms with van der Waals surface area (Å²) in [6, 6.07) is 0. The molecule has 1 fully saturated rings. The Morgan fingerprint density at radius 1 is 1.36 bits per heavy atom. The first-order chi connectivity index (χ1) is 11.4. The number of aryl methyl sites for hydroxylation is 1. The molecule has 8 heteroatoms. The largest absolute Gasteiger partial charge is 0.409 e. The molecule has 2 N–H and O–H groups in total. The minimum absolute atomic E-state index is 0.000447. The predicted octanol–water partition coefficient (Wildman–Crippen LogP) is 1.76. The van der Waals surface area contributed by atoms with Gasteiger partial charge in [-0.3, -0.25) is 14.3 Å². The van der Waals surface area contributed by atoms with Gasteiger partial charge in [0.1, 0.15) is 0 Å². The van der Waals surface area contributed by atoms with E-state index in [-0.39, 0.29) is 23.7 Å². The molecule has 0 radical (unpaired) electrons. The van der Waals surface area contributed by atoms with Crippen LogP contribution in [0, 0.1) is 12.8 Å². The highest BCUT2D eigenvalue weighted by atomic mass is 28.4. The van der Waals surface area contributed by atoms with Gasteiger partial charge in [-0.1, -0.05) is 27.7 Å². The quantitative estimate of drug-likeness (QED) is 0.788. The summed E-state index contributed by atoms with van der Waals surface area (Å²) in [7, 11) is -2.12. The molecule has 2 unspecified atom stereocenters. The molecule has 2 heterocycles. The molecule has 0 amide bonds. The lowest BCUT2D eigenvalue weighted by Gasteiger charge is -2.40.